The van der Waals surface area contributed by atoms with Gasteiger partial charge in [-0.15, -0.1) is 11.3 Å². The first kappa shape index (κ1) is 9.15. The second-order valence-electron chi connectivity index (χ2n) is 2.48. The van der Waals surface area contributed by atoms with Gasteiger partial charge in [0, 0.05) is 10.9 Å². The van der Waals surface area contributed by atoms with Crippen molar-refractivity contribution in [1.29, 1.82) is 0 Å². The lowest BCUT2D eigenvalue weighted by Gasteiger charge is -2.05. The van der Waals surface area contributed by atoms with E-state index in [9.17, 15) is 5.11 Å². The first-order valence-corrected chi connectivity index (χ1v) is 5.69. The van der Waals surface area contributed by atoms with E-state index in [1.54, 1.807) is 6.07 Å². The van der Waals surface area contributed by atoms with Crippen LogP contribution in [0.25, 0.3) is 0 Å². The van der Waals surface area contributed by atoms with Gasteiger partial charge in [0.25, 0.3) is 0 Å². The van der Waals surface area contributed by atoms with Gasteiger partial charge in [0.1, 0.15) is 6.10 Å². The van der Waals surface area contributed by atoms with Crippen LogP contribution in [-0.2, 0) is 0 Å². The van der Waals surface area contributed by atoms with Crippen LogP contribution in [0.5, 0.6) is 0 Å². The van der Waals surface area contributed by atoms with Crippen molar-refractivity contribution in [2.24, 2.45) is 0 Å². The number of hydrogen-bond acceptors (Lipinski definition) is 4. The molecule has 2 heterocycles. The highest BCUT2D eigenvalue weighted by atomic mass is 35.5. The molecule has 5 heteroatoms. The molecule has 0 saturated heterocycles. The quantitative estimate of drug-likeness (QED) is 0.862. The monoisotopic (exact) mass is 231 g/mol. The van der Waals surface area contributed by atoms with Crippen molar-refractivity contribution in [3.05, 3.63) is 38.5 Å². The van der Waals surface area contributed by atoms with Crippen molar-refractivity contribution in [2.45, 2.75) is 6.10 Å². The van der Waals surface area contributed by atoms with Crippen LogP contribution >= 0.6 is 34.5 Å². The number of aliphatic hydroxyl groups is 1. The van der Waals surface area contributed by atoms with Crippen LogP contribution in [0.3, 0.4) is 0 Å². The Morgan fingerprint density at radius 2 is 2.23 bits per heavy atom. The summed E-state index contributed by atoms with van der Waals surface area (Å²) in [5.74, 6) is 0. The molecule has 0 fully saturated rings. The third-order valence-electron chi connectivity index (χ3n) is 1.68. The number of thiophene rings is 1. The summed E-state index contributed by atoms with van der Waals surface area (Å²) < 4.78 is 4.68. The number of hydrogen-bond donors (Lipinski definition) is 1. The number of aliphatic hydroxyl groups excluding tert-OH is 1. The van der Waals surface area contributed by atoms with E-state index in [-0.39, 0.29) is 0 Å². The zero-order valence-electron chi connectivity index (χ0n) is 6.48. The molecule has 1 atom stereocenters. The Morgan fingerprint density at radius 1 is 1.38 bits per heavy atom. The lowest BCUT2D eigenvalue weighted by molar-refractivity contribution is 0.217. The Bertz CT molecular complexity index is 385. The Balaban J connectivity index is 2.33. The molecule has 68 valence electrons. The minimum absolute atomic E-state index is 0.625. The van der Waals surface area contributed by atoms with E-state index < -0.39 is 6.10 Å². The summed E-state index contributed by atoms with van der Waals surface area (Å²) in [7, 11) is 0. The van der Waals surface area contributed by atoms with Crippen LogP contribution in [0, 0.1) is 0 Å². The van der Waals surface area contributed by atoms with E-state index in [0.29, 0.717) is 10.0 Å². The molecule has 0 spiro atoms. The van der Waals surface area contributed by atoms with Gasteiger partial charge < -0.3 is 5.11 Å². The average Bonchev–Trinajstić information content (AvgIpc) is 2.72. The molecule has 1 N–H and O–H groups in total. The van der Waals surface area contributed by atoms with Crippen molar-refractivity contribution in [2.75, 3.05) is 0 Å². The fourth-order valence-electron chi connectivity index (χ4n) is 1.02. The van der Waals surface area contributed by atoms with Gasteiger partial charge in [-0.3, -0.25) is 0 Å². The number of nitrogens with zero attached hydrogens (tertiary/aromatic N) is 1. The van der Waals surface area contributed by atoms with Crippen LogP contribution in [0.2, 0.25) is 4.34 Å². The normalized spacial score (nSPS) is 13.1. The van der Waals surface area contributed by atoms with Gasteiger partial charge in [-0.1, -0.05) is 11.6 Å². The third-order valence-corrected chi connectivity index (χ3v) is 3.45. The lowest BCUT2D eigenvalue weighted by atomic mass is 10.1. The molecule has 0 amide bonds. The Morgan fingerprint density at radius 3 is 2.77 bits per heavy atom. The van der Waals surface area contributed by atoms with Crippen molar-refractivity contribution in [1.82, 2.24) is 4.37 Å². The summed E-state index contributed by atoms with van der Waals surface area (Å²) in [6, 6.07) is 3.61. The van der Waals surface area contributed by atoms with E-state index in [1.165, 1.54) is 22.9 Å². The second kappa shape index (κ2) is 3.75. The topological polar surface area (TPSA) is 33.1 Å². The number of rotatable bonds is 2. The third kappa shape index (κ3) is 1.76. The van der Waals surface area contributed by atoms with Gasteiger partial charge in [-0.25, -0.2) is 0 Å². The van der Waals surface area contributed by atoms with Gasteiger partial charge in [0.2, 0.25) is 0 Å². The first-order chi connectivity index (χ1) is 6.29. The molecule has 2 aromatic rings. The summed E-state index contributed by atoms with van der Waals surface area (Å²) in [5.41, 5.74) is 1.39. The molecular weight excluding hydrogens is 226 g/mol. The molecule has 2 aromatic heterocycles. The Hall–Kier alpha value is -0.420. The van der Waals surface area contributed by atoms with Gasteiger partial charge in [0.05, 0.1) is 10.0 Å². The van der Waals surface area contributed by atoms with Crippen LogP contribution in [0.15, 0.2) is 22.9 Å². The Kier molecular flexibility index (Phi) is 2.64. The molecule has 0 bridgehead atoms. The van der Waals surface area contributed by atoms with E-state index in [0.717, 1.165) is 5.56 Å². The van der Waals surface area contributed by atoms with E-state index in [1.807, 2.05) is 16.8 Å². The predicted octanol–water partition coefficient (Wildman–Crippen LogP) is 2.94. The molecule has 2 rings (SSSR count). The van der Waals surface area contributed by atoms with Gasteiger partial charge in [0.15, 0.2) is 0 Å². The van der Waals surface area contributed by atoms with E-state index in [2.05, 4.69) is 4.37 Å². The van der Waals surface area contributed by atoms with E-state index >= 15 is 0 Å². The summed E-state index contributed by atoms with van der Waals surface area (Å²) in [6.07, 6.45) is -0.690. The smallest absolute Gasteiger partial charge is 0.124 e. The molecule has 13 heavy (non-hydrogen) atoms. The summed E-state index contributed by atoms with van der Waals surface area (Å²) in [4.78, 5) is 0. The molecule has 0 aliphatic carbocycles. The summed E-state index contributed by atoms with van der Waals surface area (Å²) in [6.45, 7) is 0. The predicted molar refractivity (Wildman–Crippen MR) is 55.5 cm³/mol. The molecule has 0 saturated carbocycles. The fraction of sp³-hybridized carbons (Fsp3) is 0.125. The van der Waals surface area contributed by atoms with Gasteiger partial charge in [-0.2, -0.15) is 4.37 Å². The molecular formula is C8H6ClNOS2. The number of aromatic nitrogens is 1. The summed E-state index contributed by atoms with van der Waals surface area (Å²) in [5, 5.41) is 13.5. The Labute approximate surface area is 88.6 Å². The van der Waals surface area contributed by atoms with Crippen molar-refractivity contribution < 1.29 is 5.11 Å². The SMILES string of the molecule is OC(c1ccsn1)c1ccsc1Cl. The van der Waals surface area contributed by atoms with Crippen LogP contribution < -0.4 is 0 Å². The van der Waals surface area contributed by atoms with Crippen molar-refractivity contribution in [3.8, 4) is 0 Å². The maximum Gasteiger partial charge on any atom is 0.124 e. The zero-order chi connectivity index (χ0) is 9.26. The standard InChI is InChI=1S/C8H6ClNOS2/c9-8-5(1-3-12-8)7(11)6-2-4-13-10-6/h1-4,7,11H. The maximum absolute atomic E-state index is 9.82. The average molecular weight is 232 g/mol. The summed E-state index contributed by atoms with van der Waals surface area (Å²) >= 11 is 8.62. The highest BCUT2D eigenvalue weighted by Gasteiger charge is 2.16. The van der Waals surface area contributed by atoms with Crippen molar-refractivity contribution in [3.63, 3.8) is 0 Å². The molecule has 0 aliphatic rings. The van der Waals surface area contributed by atoms with Gasteiger partial charge in [-0.05, 0) is 29.0 Å². The fourth-order valence-corrected chi connectivity index (χ4v) is 2.54. The molecule has 0 aromatic carbocycles. The number of halogens is 1. The zero-order valence-corrected chi connectivity index (χ0v) is 8.86. The van der Waals surface area contributed by atoms with Crippen LogP contribution in [0.4, 0.5) is 0 Å². The molecule has 0 radical (unpaired) electrons. The lowest BCUT2D eigenvalue weighted by Crippen LogP contribution is -1.97. The molecule has 1 unspecified atom stereocenters. The largest absolute Gasteiger partial charge is 0.382 e. The highest BCUT2D eigenvalue weighted by Crippen LogP contribution is 2.31. The van der Waals surface area contributed by atoms with Gasteiger partial charge >= 0.3 is 0 Å². The minimum atomic E-state index is -0.690. The van der Waals surface area contributed by atoms with Crippen molar-refractivity contribution >= 4 is 34.5 Å². The first-order valence-electron chi connectivity index (χ1n) is 3.60. The maximum atomic E-state index is 9.82. The minimum Gasteiger partial charge on any atom is -0.382 e. The molecule has 0 aliphatic heterocycles. The molecule has 2 nitrogen and oxygen atoms in total. The second-order valence-corrected chi connectivity index (χ2v) is 4.66. The van der Waals surface area contributed by atoms with Crippen LogP contribution in [0.1, 0.15) is 17.4 Å². The van der Waals surface area contributed by atoms with Crippen LogP contribution in [-0.4, -0.2) is 9.48 Å². The highest BCUT2D eigenvalue weighted by molar-refractivity contribution is 7.14. The van der Waals surface area contributed by atoms with E-state index in [4.69, 9.17) is 11.6 Å².